The van der Waals surface area contributed by atoms with Gasteiger partial charge in [0.15, 0.2) is 0 Å². The first-order chi connectivity index (χ1) is 6.05. The molecule has 1 N–H and O–H groups in total. The first kappa shape index (κ1) is 13.2. The van der Waals surface area contributed by atoms with E-state index >= 15 is 0 Å². The van der Waals surface area contributed by atoms with Crippen molar-refractivity contribution in [1.82, 2.24) is 5.32 Å². The number of hydrogen-bond donors (Lipinski definition) is 1. The highest BCUT2D eigenvalue weighted by atomic mass is 35.5. The summed E-state index contributed by atoms with van der Waals surface area (Å²) in [5.41, 5.74) is 0.230. The van der Waals surface area contributed by atoms with Crippen molar-refractivity contribution in [3.8, 4) is 0 Å². The SMILES string of the molecule is CCC(CC)CNCC(C)(C)CCl. The summed E-state index contributed by atoms with van der Waals surface area (Å²) in [5.74, 6) is 1.55. The van der Waals surface area contributed by atoms with Gasteiger partial charge in [-0.05, 0) is 17.9 Å². The Kier molecular flexibility index (Phi) is 6.79. The second-order valence-corrected chi connectivity index (χ2v) is 4.88. The van der Waals surface area contributed by atoms with E-state index in [1.54, 1.807) is 0 Å². The molecular formula is C11H24ClN. The Hall–Kier alpha value is 0.250. The van der Waals surface area contributed by atoms with E-state index in [-0.39, 0.29) is 5.41 Å². The van der Waals surface area contributed by atoms with Gasteiger partial charge in [-0.3, -0.25) is 0 Å². The van der Waals surface area contributed by atoms with E-state index in [1.807, 2.05) is 0 Å². The van der Waals surface area contributed by atoms with E-state index in [2.05, 4.69) is 33.0 Å². The molecule has 0 rings (SSSR count). The van der Waals surface area contributed by atoms with Crippen molar-refractivity contribution in [2.24, 2.45) is 11.3 Å². The van der Waals surface area contributed by atoms with Crippen molar-refractivity contribution >= 4 is 11.6 Å². The lowest BCUT2D eigenvalue weighted by Crippen LogP contribution is -2.33. The standard InChI is InChI=1S/C11H24ClN/c1-5-10(6-2)7-13-9-11(3,4)8-12/h10,13H,5-9H2,1-4H3. The van der Waals surface area contributed by atoms with E-state index in [0.717, 1.165) is 24.9 Å². The van der Waals surface area contributed by atoms with E-state index in [1.165, 1.54) is 12.8 Å². The molecule has 0 fully saturated rings. The van der Waals surface area contributed by atoms with Crippen LogP contribution in [0.25, 0.3) is 0 Å². The van der Waals surface area contributed by atoms with E-state index < -0.39 is 0 Å². The molecule has 0 spiro atoms. The summed E-state index contributed by atoms with van der Waals surface area (Å²) in [6.07, 6.45) is 2.54. The van der Waals surface area contributed by atoms with Gasteiger partial charge in [-0.15, -0.1) is 11.6 Å². The number of alkyl halides is 1. The zero-order chi connectivity index (χ0) is 10.3. The van der Waals surface area contributed by atoms with Crippen LogP contribution >= 0.6 is 11.6 Å². The van der Waals surface area contributed by atoms with Gasteiger partial charge >= 0.3 is 0 Å². The van der Waals surface area contributed by atoms with E-state index in [9.17, 15) is 0 Å². The number of rotatable bonds is 7. The van der Waals surface area contributed by atoms with Crippen LogP contribution in [-0.4, -0.2) is 19.0 Å². The molecule has 0 saturated carbocycles. The highest BCUT2D eigenvalue weighted by Gasteiger charge is 2.15. The predicted octanol–water partition coefficient (Wildman–Crippen LogP) is 3.28. The Bertz CT molecular complexity index is 119. The Labute approximate surface area is 88.2 Å². The van der Waals surface area contributed by atoms with E-state index in [4.69, 9.17) is 11.6 Å². The average molecular weight is 206 g/mol. The number of hydrogen-bond acceptors (Lipinski definition) is 1. The van der Waals surface area contributed by atoms with Crippen molar-refractivity contribution < 1.29 is 0 Å². The Balaban J connectivity index is 3.54. The van der Waals surface area contributed by atoms with Gasteiger partial charge in [-0.1, -0.05) is 40.5 Å². The molecule has 0 aromatic carbocycles. The zero-order valence-corrected chi connectivity index (χ0v) is 10.2. The Morgan fingerprint density at radius 3 is 2.15 bits per heavy atom. The fourth-order valence-electron chi connectivity index (χ4n) is 1.24. The predicted molar refractivity (Wildman–Crippen MR) is 61.4 cm³/mol. The lowest BCUT2D eigenvalue weighted by Gasteiger charge is -2.23. The molecule has 0 aliphatic heterocycles. The minimum atomic E-state index is 0.230. The van der Waals surface area contributed by atoms with Gasteiger partial charge in [-0.25, -0.2) is 0 Å². The highest BCUT2D eigenvalue weighted by Crippen LogP contribution is 2.15. The molecule has 0 aromatic rings. The summed E-state index contributed by atoms with van der Waals surface area (Å²) in [7, 11) is 0. The molecule has 2 heteroatoms. The molecule has 0 bridgehead atoms. The van der Waals surface area contributed by atoms with Crippen LogP contribution in [0, 0.1) is 11.3 Å². The molecule has 0 atom stereocenters. The monoisotopic (exact) mass is 205 g/mol. The molecule has 0 amide bonds. The molecule has 0 heterocycles. The first-order valence-electron chi connectivity index (χ1n) is 5.32. The fourth-order valence-corrected chi connectivity index (χ4v) is 1.33. The molecule has 0 radical (unpaired) electrons. The van der Waals surface area contributed by atoms with Crippen molar-refractivity contribution in [2.45, 2.75) is 40.5 Å². The van der Waals surface area contributed by atoms with Gasteiger partial charge in [0.25, 0.3) is 0 Å². The van der Waals surface area contributed by atoms with E-state index in [0.29, 0.717) is 0 Å². The lowest BCUT2D eigenvalue weighted by atomic mass is 9.96. The van der Waals surface area contributed by atoms with Gasteiger partial charge in [0.1, 0.15) is 0 Å². The highest BCUT2D eigenvalue weighted by molar-refractivity contribution is 6.18. The summed E-state index contributed by atoms with van der Waals surface area (Å²) in [4.78, 5) is 0. The molecule has 0 saturated heterocycles. The molecular weight excluding hydrogens is 182 g/mol. The third-order valence-electron chi connectivity index (χ3n) is 2.55. The zero-order valence-electron chi connectivity index (χ0n) is 9.49. The van der Waals surface area contributed by atoms with Crippen LogP contribution < -0.4 is 5.32 Å². The van der Waals surface area contributed by atoms with Gasteiger partial charge in [0.05, 0.1) is 0 Å². The van der Waals surface area contributed by atoms with Crippen LogP contribution in [0.5, 0.6) is 0 Å². The second-order valence-electron chi connectivity index (χ2n) is 4.61. The second kappa shape index (κ2) is 6.67. The van der Waals surface area contributed by atoms with Gasteiger partial charge < -0.3 is 5.32 Å². The van der Waals surface area contributed by atoms with Crippen LogP contribution in [0.2, 0.25) is 0 Å². The molecule has 0 aromatic heterocycles. The number of nitrogens with one attached hydrogen (secondary N) is 1. The molecule has 0 unspecified atom stereocenters. The quantitative estimate of drug-likeness (QED) is 0.630. The van der Waals surface area contributed by atoms with Crippen LogP contribution in [0.1, 0.15) is 40.5 Å². The van der Waals surface area contributed by atoms with Gasteiger partial charge in [0.2, 0.25) is 0 Å². The van der Waals surface area contributed by atoms with Crippen molar-refractivity contribution in [2.75, 3.05) is 19.0 Å². The minimum absolute atomic E-state index is 0.230. The van der Waals surface area contributed by atoms with Gasteiger partial charge in [0, 0.05) is 12.4 Å². The Morgan fingerprint density at radius 1 is 1.23 bits per heavy atom. The van der Waals surface area contributed by atoms with Crippen LogP contribution in [-0.2, 0) is 0 Å². The summed E-state index contributed by atoms with van der Waals surface area (Å²) < 4.78 is 0. The molecule has 13 heavy (non-hydrogen) atoms. The summed E-state index contributed by atoms with van der Waals surface area (Å²) in [6.45, 7) is 11.0. The normalized spacial score (nSPS) is 12.5. The van der Waals surface area contributed by atoms with Crippen LogP contribution in [0.3, 0.4) is 0 Å². The molecule has 0 aliphatic carbocycles. The fraction of sp³-hybridized carbons (Fsp3) is 1.00. The van der Waals surface area contributed by atoms with Crippen molar-refractivity contribution in [1.29, 1.82) is 0 Å². The van der Waals surface area contributed by atoms with Crippen molar-refractivity contribution in [3.63, 3.8) is 0 Å². The number of halogens is 1. The molecule has 1 nitrogen and oxygen atoms in total. The third-order valence-corrected chi connectivity index (χ3v) is 3.28. The third kappa shape index (κ3) is 6.34. The summed E-state index contributed by atoms with van der Waals surface area (Å²) in [5, 5.41) is 3.49. The minimum Gasteiger partial charge on any atom is -0.316 e. The Morgan fingerprint density at radius 2 is 1.77 bits per heavy atom. The molecule has 80 valence electrons. The van der Waals surface area contributed by atoms with Crippen LogP contribution in [0.4, 0.5) is 0 Å². The van der Waals surface area contributed by atoms with Gasteiger partial charge in [-0.2, -0.15) is 0 Å². The summed E-state index contributed by atoms with van der Waals surface area (Å²) >= 11 is 5.84. The lowest BCUT2D eigenvalue weighted by molar-refractivity contribution is 0.355. The largest absolute Gasteiger partial charge is 0.316 e. The van der Waals surface area contributed by atoms with Crippen molar-refractivity contribution in [3.05, 3.63) is 0 Å². The maximum atomic E-state index is 5.84. The average Bonchev–Trinajstić information content (AvgIpc) is 2.12. The topological polar surface area (TPSA) is 12.0 Å². The van der Waals surface area contributed by atoms with Crippen LogP contribution in [0.15, 0.2) is 0 Å². The maximum absolute atomic E-state index is 5.84. The molecule has 0 aliphatic rings. The first-order valence-corrected chi connectivity index (χ1v) is 5.85. The smallest absolute Gasteiger partial charge is 0.0286 e. The summed E-state index contributed by atoms with van der Waals surface area (Å²) in [6, 6.07) is 0. The maximum Gasteiger partial charge on any atom is 0.0286 e.